The van der Waals surface area contributed by atoms with Gasteiger partial charge in [-0.05, 0) is 19.1 Å². The standard InChI is InChI=1S/C13H12Cl2N2O/c1-9-2-4-10(5-3-9)18-7-6-13-16-11(14)8-12(15)17-13/h2-5,8H,6-7H2,1H3. The van der Waals surface area contributed by atoms with Gasteiger partial charge >= 0.3 is 0 Å². The molecule has 0 atom stereocenters. The fourth-order valence-corrected chi connectivity index (χ4v) is 1.90. The van der Waals surface area contributed by atoms with Crippen LogP contribution in [0.3, 0.4) is 0 Å². The van der Waals surface area contributed by atoms with E-state index in [4.69, 9.17) is 27.9 Å². The zero-order valence-corrected chi connectivity index (χ0v) is 11.4. The molecule has 0 amide bonds. The third kappa shape index (κ3) is 3.86. The van der Waals surface area contributed by atoms with Gasteiger partial charge in [-0.15, -0.1) is 0 Å². The number of aromatic nitrogens is 2. The molecule has 0 aliphatic rings. The smallest absolute Gasteiger partial charge is 0.135 e. The van der Waals surface area contributed by atoms with Crippen LogP contribution in [0.4, 0.5) is 0 Å². The summed E-state index contributed by atoms with van der Waals surface area (Å²) in [5.41, 5.74) is 1.20. The van der Waals surface area contributed by atoms with Crippen LogP contribution in [-0.4, -0.2) is 16.6 Å². The summed E-state index contributed by atoms with van der Waals surface area (Å²) in [4.78, 5) is 8.14. The molecule has 0 aliphatic heterocycles. The highest BCUT2D eigenvalue weighted by atomic mass is 35.5. The molecule has 0 bridgehead atoms. The Balaban J connectivity index is 1.90. The SMILES string of the molecule is Cc1ccc(OCCc2nc(Cl)cc(Cl)n2)cc1. The molecule has 0 saturated heterocycles. The second-order valence-electron chi connectivity index (χ2n) is 3.84. The van der Waals surface area contributed by atoms with Crippen molar-refractivity contribution < 1.29 is 4.74 Å². The molecular weight excluding hydrogens is 271 g/mol. The molecule has 0 aliphatic carbocycles. The first-order valence-corrected chi connectivity index (χ1v) is 6.27. The maximum Gasteiger partial charge on any atom is 0.135 e. The van der Waals surface area contributed by atoms with Gasteiger partial charge in [0.2, 0.25) is 0 Å². The number of benzene rings is 1. The van der Waals surface area contributed by atoms with E-state index < -0.39 is 0 Å². The summed E-state index contributed by atoms with van der Waals surface area (Å²) in [7, 11) is 0. The molecule has 1 aromatic heterocycles. The predicted molar refractivity (Wildman–Crippen MR) is 72.4 cm³/mol. The minimum Gasteiger partial charge on any atom is -0.493 e. The molecule has 0 unspecified atom stereocenters. The summed E-state index contributed by atoms with van der Waals surface area (Å²) >= 11 is 11.6. The van der Waals surface area contributed by atoms with E-state index in [0.29, 0.717) is 29.2 Å². The van der Waals surface area contributed by atoms with Crippen LogP contribution < -0.4 is 4.74 Å². The van der Waals surface area contributed by atoms with E-state index >= 15 is 0 Å². The maximum atomic E-state index is 5.79. The molecule has 3 nitrogen and oxygen atoms in total. The van der Waals surface area contributed by atoms with Crippen molar-refractivity contribution >= 4 is 23.2 Å². The topological polar surface area (TPSA) is 35.0 Å². The van der Waals surface area contributed by atoms with Gasteiger partial charge in [-0.2, -0.15) is 0 Å². The highest BCUT2D eigenvalue weighted by molar-refractivity contribution is 6.33. The number of hydrogen-bond donors (Lipinski definition) is 0. The Kier molecular flexibility index (Phi) is 4.39. The fourth-order valence-electron chi connectivity index (χ4n) is 1.44. The Hall–Kier alpha value is -1.32. The van der Waals surface area contributed by atoms with Gasteiger partial charge in [-0.1, -0.05) is 40.9 Å². The van der Waals surface area contributed by atoms with Crippen LogP contribution in [-0.2, 0) is 6.42 Å². The lowest BCUT2D eigenvalue weighted by Gasteiger charge is -2.06. The van der Waals surface area contributed by atoms with Crippen molar-refractivity contribution in [2.24, 2.45) is 0 Å². The minimum atomic E-state index is 0.348. The van der Waals surface area contributed by atoms with Gasteiger partial charge in [0.05, 0.1) is 6.61 Å². The van der Waals surface area contributed by atoms with Crippen molar-refractivity contribution in [3.8, 4) is 5.75 Å². The Bertz CT molecular complexity index is 509. The van der Waals surface area contributed by atoms with E-state index in [1.54, 1.807) is 0 Å². The van der Waals surface area contributed by atoms with Crippen LogP contribution in [0.1, 0.15) is 11.4 Å². The zero-order chi connectivity index (χ0) is 13.0. The predicted octanol–water partition coefficient (Wildman–Crippen LogP) is 3.71. The third-order valence-electron chi connectivity index (χ3n) is 2.33. The molecule has 0 saturated carbocycles. The lowest BCUT2D eigenvalue weighted by molar-refractivity contribution is 0.319. The number of ether oxygens (including phenoxy) is 1. The number of aryl methyl sites for hydroxylation is 1. The first-order chi connectivity index (χ1) is 8.63. The summed E-state index contributed by atoms with van der Waals surface area (Å²) in [5, 5.41) is 0.695. The average Bonchev–Trinajstić information content (AvgIpc) is 2.30. The van der Waals surface area contributed by atoms with Crippen LogP contribution in [0.2, 0.25) is 10.3 Å². The summed E-state index contributed by atoms with van der Waals surface area (Å²) in [6.07, 6.45) is 0.564. The van der Waals surface area contributed by atoms with Crippen molar-refractivity contribution in [1.29, 1.82) is 0 Å². The van der Waals surface area contributed by atoms with E-state index in [0.717, 1.165) is 5.75 Å². The quantitative estimate of drug-likeness (QED) is 0.802. The lowest BCUT2D eigenvalue weighted by atomic mass is 10.2. The summed E-state index contributed by atoms with van der Waals surface area (Å²) in [5.74, 6) is 1.41. The van der Waals surface area contributed by atoms with Crippen LogP contribution in [0.5, 0.6) is 5.75 Å². The van der Waals surface area contributed by atoms with E-state index in [1.807, 2.05) is 31.2 Å². The van der Waals surface area contributed by atoms with Crippen molar-refractivity contribution in [3.63, 3.8) is 0 Å². The molecule has 5 heteroatoms. The monoisotopic (exact) mass is 282 g/mol. The van der Waals surface area contributed by atoms with Gasteiger partial charge in [0, 0.05) is 12.5 Å². The molecule has 0 N–H and O–H groups in total. The van der Waals surface area contributed by atoms with Crippen LogP contribution >= 0.6 is 23.2 Å². The van der Waals surface area contributed by atoms with E-state index in [2.05, 4.69) is 9.97 Å². The number of rotatable bonds is 4. The molecule has 2 aromatic rings. The molecule has 0 radical (unpaired) electrons. The van der Waals surface area contributed by atoms with Crippen molar-refractivity contribution in [3.05, 3.63) is 52.0 Å². The number of halogens is 2. The first kappa shape index (κ1) is 13.1. The molecule has 1 heterocycles. The average molecular weight is 283 g/mol. The molecule has 0 spiro atoms. The van der Waals surface area contributed by atoms with E-state index in [9.17, 15) is 0 Å². The van der Waals surface area contributed by atoms with Gasteiger partial charge in [0.1, 0.15) is 21.9 Å². The second-order valence-corrected chi connectivity index (χ2v) is 4.62. The molecular formula is C13H12Cl2N2O. The third-order valence-corrected chi connectivity index (χ3v) is 2.71. The van der Waals surface area contributed by atoms with Crippen molar-refractivity contribution in [2.75, 3.05) is 6.61 Å². The van der Waals surface area contributed by atoms with Crippen LogP contribution in [0.15, 0.2) is 30.3 Å². The Morgan fingerprint density at radius 3 is 2.28 bits per heavy atom. The summed E-state index contributed by atoms with van der Waals surface area (Å²) in [6, 6.07) is 9.37. The lowest BCUT2D eigenvalue weighted by Crippen LogP contribution is -2.05. The van der Waals surface area contributed by atoms with Crippen molar-refractivity contribution in [1.82, 2.24) is 9.97 Å². The zero-order valence-electron chi connectivity index (χ0n) is 9.86. The Labute approximate surface area is 116 Å². The summed E-state index contributed by atoms with van der Waals surface area (Å²) in [6.45, 7) is 2.52. The highest BCUT2D eigenvalue weighted by Gasteiger charge is 2.02. The fraction of sp³-hybridized carbons (Fsp3) is 0.231. The maximum absolute atomic E-state index is 5.79. The van der Waals surface area contributed by atoms with Crippen LogP contribution in [0, 0.1) is 6.92 Å². The minimum absolute atomic E-state index is 0.348. The number of nitrogens with zero attached hydrogens (tertiary/aromatic N) is 2. The Morgan fingerprint density at radius 1 is 1.06 bits per heavy atom. The highest BCUT2D eigenvalue weighted by Crippen LogP contribution is 2.13. The Morgan fingerprint density at radius 2 is 1.67 bits per heavy atom. The van der Waals surface area contributed by atoms with Gasteiger partial charge < -0.3 is 4.74 Å². The van der Waals surface area contributed by atoms with E-state index in [1.165, 1.54) is 11.6 Å². The van der Waals surface area contributed by atoms with E-state index in [-0.39, 0.29) is 0 Å². The molecule has 1 aromatic carbocycles. The summed E-state index contributed by atoms with van der Waals surface area (Å²) < 4.78 is 5.58. The van der Waals surface area contributed by atoms with Crippen LogP contribution in [0.25, 0.3) is 0 Å². The van der Waals surface area contributed by atoms with Crippen molar-refractivity contribution in [2.45, 2.75) is 13.3 Å². The second kappa shape index (κ2) is 6.03. The molecule has 94 valence electrons. The first-order valence-electron chi connectivity index (χ1n) is 5.52. The molecule has 18 heavy (non-hydrogen) atoms. The number of hydrogen-bond acceptors (Lipinski definition) is 3. The van der Waals surface area contributed by atoms with Gasteiger partial charge in [0.25, 0.3) is 0 Å². The van der Waals surface area contributed by atoms with Gasteiger partial charge in [-0.25, -0.2) is 9.97 Å². The van der Waals surface area contributed by atoms with Gasteiger partial charge in [-0.3, -0.25) is 0 Å². The van der Waals surface area contributed by atoms with Gasteiger partial charge in [0.15, 0.2) is 0 Å². The molecule has 2 rings (SSSR count). The largest absolute Gasteiger partial charge is 0.493 e. The molecule has 0 fully saturated rings. The normalized spacial score (nSPS) is 10.4.